The number of allylic oxidation sites excluding steroid dienone is 8. The molecule has 2 nitrogen and oxygen atoms in total. The maximum absolute atomic E-state index is 3.80. The maximum Gasteiger partial charge on any atom is 0.0540 e. The van der Waals surface area contributed by atoms with E-state index in [9.17, 15) is 0 Å². The number of hydrogen-bond acceptors (Lipinski definition) is 2. The van der Waals surface area contributed by atoms with Crippen molar-refractivity contribution in [1.82, 2.24) is 0 Å². The Labute approximate surface area is 340 Å². The molecular formula is C55H52N2. The average molecular weight is 741 g/mol. The van der Waals surface area contributed by atoms with Crippen molar-refractivity contribution in [3.05, 3.63) is 229 Å². The number of anilines is 4. The zero-order valence-electron chi connectivity index (χ0n) is 32.9. The van der Waals surface area contributed by atoms with E-state index >= 15 is 0 Å². The summed E-state index contributed by atoms with van der Waals surface area (Å²) in [5.74, 6) is 1.03. The number of rotatable bonds is 14. The average Bonchev–Trinajstić information content (AvgIpc) is 3.27. The molecule has 3 atom stereocenters. The van der Waals surface area contributed by atoms with Gasteiger partial charge in [-0.25, -0.2) is 0 Å². The summed E-state index contributed by atoms with van der Waals surface area (Å²) in [5.41, 5.74) is 13.5. The van der Waals surface area contributed by atoms with Gasteiger partial charge >= 0.3 is 0 Å². The number of para-hydroxylation sites is 3. The lowest BCUT2D eigenvalue weighted by Crippen LogP contribution is -2.28. The third-order valence-corrected chi connectivity index (χ3v) is 11.1. The molecule has 282 valence electrons. The summed E-state index contributed by atoms with van der Waals surface area (Å²) >= 11 is 0. The third kappa shape index (κ3) is 9.54. The molecule has 0 amide bonds. The first-order valence-corrected chi connectivity index (χ1v) is 20.6. The van der Waals surface area contributed by atoms with Gasteiger partial charge in [-0.3, -0.25) is 0 Å². The van der Waals surface area contributed by atoms with Gasteiger partial charge in [-0.1, -0.05) is 177 Å². The number of unbranched alkanes of at least 4 members (excludes halogenated alkanes) is 1. The minimum atomic E-state index is 0.286. The van der Waals surface area contributed by atoms with Gasteiger partial charge in [0.15, 0.2) is 0 Å². The van der Waals surface area contributed by atoms with Crippen LogP contribution in [-0.4, -0.2) is 6.04 Å². The predicted octanol–water partition coefficient (Wildman–Crippen LogP) is 14.9. The van der Waals surface area contributed by atoms with Gasteiger partial charge in [0.2, 0.25) is 0 Å². The van der Waals surface area contributed by atoms with Gasteiger partial charge in [-0.2, -0.15) is 0 Å². The Morgan fingerprint density at radius 3 is 1.98 bits per heavy atom. The van der Waals surface area contributed by atoms with Crippen molar-refractivity contribution in [3.8, 4) is 22.3 Å². The van der Waals surface area contributed by atoms with Crippen LogP contribution in [0.4, 0.5) is 22.7 Å². The first kappa shape index (κ1) is 37.5. The zero-order chi connectivity index (χ0) is 38.7. The normalized spacial score (nSPS) is 17.6. The molecule has 57 heavy (non-hydrogen) atoms. The summed E-state index contributed by atoms with van der Waals surface area (Å²) in [6.07, 6.45) is 24.4. The van der Waals surface area contributed by atoms with Crippen molar-refractivity contribution < 1.29 is 0 Å². The molecular weight excluding hydrogens is 689 g/mol. The molecule has 0 aliphatic heterocycles. The zero-order valence-corrected chi connectivity index (χ0v) is 32.9. The smallest absolute Gasteiger partial charge is 0.0540 e. The Hall–Kier alpha value is -6.38. The van der Waals surface area contributed by atoms with E-state index in [2.05, 4.69) is 230 Å². The second-order valence-corrected chi connectivity index (χ2v) is 15.3. The highest BCUT2D eigenvalue weighted by molar-refractivity contribution is 5.88. The Kier molecular flexibility index (Phi) is 12.2. The summed E-state index contributed by atoms with van der Waals surface area (Å²) in [6.45, 7) is 2.31. The lowest BCUT2D eigenvalue weighted by Gasteiger charge is -2.29. The van der Waals surface area contributed by atoms with Gasteiger partial charge in [-0.15, -0.1) is 0 Å². The topological polar surface area (TPSA) is 15.3 Å². The molecule has 0 bridgehead atoms. The number of nitrogens with one attached hydrogen (secondary N) is 1. The van der Waals surface area contributed by atoms with Crippen molar-refractivity contribution in [3.63, 3.8) is 0 Å². The van der Waals surface area contributed by atoms with E-state index in [4.69, 9.17) is 0 Å². The lowest BCUT2D eigenvalue weighted by atomic mass is 9.83. The van der Waals surface area contributed by atoms with E-state index in [-0.39, 0.29) is 6.04 Å². The van der Waals surface area contributed by atoms with E-state index in [1.54, 1.807) is 0 Å². The summed E-state index contributed by atoms with van der Waals surface area (Å²) in [5, 5.41) is 3.80. The molecule has 2 aliphatic carbocycles. The molecule has 6 aromatic rings. The van der Waals surface area contributed by atoms with Crippen LogP contribution >= 0.6 is 0 Å². The number of hydrogen-bond donors (Lipinski definition) is 1. The van der Waals surface area contributed by atoms with E-state index < -0.39 is 0 Å². The second kappa shape index (κ2) is 18.5. The van der Waals surface area contributed by atoms with Crippen LogP contribution in [0.2, 0.25) is 0 Å². The van der Waals surface area contributed by atoms with Crippen molar-refractivity contribution in [2.24, 2.45) is 11.8 Å². The molecule has 2 aliphatic rings. The number of benzene rings is 6. The van der Waals surface area contributed by atoms with Gasteiger partial charge in [-0.05, 0) is 114 Å². The molecule has 2 heteroatoms. The summed E-state index contributed by atoms with van der Waals surface area (Å²) < 4.78 is 0. The van der Waals surface area contributed by atoms with Gasteiger partial charge < -0.3 is 10.2 Å². The molecule has 3 unspecified atom stereocenters. The molecule has 0 fully saturated rings. The predicted molar refractivity (Wildman–Crippen MR) is 244 cm³/mol. The molecule has 0 saturated carbocycles. The monoisotopic (exact) mass is 740 g/mol. The van der Waals surface area contributed by atoms with Gasteiger partial charge in [0.1, 0.15) is 0 Å². The SMILES string of the molecule is CC1C=C(C2=CC(CCC/C=C\Cc3ccc(-c4ccccc4N(c4ccccc4)c4ccc(-c5ccccc5)cc4)cc3)C(Nc3ccccc3)C=C2)C=CC1. The fourth-order valence-corrected chi connectivity index (χ4v) is 8.09. The molecule has 0 heterocycles. The second-order valence-electron chi connectivity index (χ2n) is 15.3. The summed E-state index contributed by atoms with van der Waals surface area (Å²) in [6, 6.07) is 58.9. The Bertz CT molecular complexity index is 2350. The fraction of sp³-hybridized carbons (Fsp3) is 0.164. The van der Waals surface area contributed by atoms with E-state index in [1.165, 1.54) is 44.7 Å². The summed E-state index contributed by atoms with van der Waals surface area (Å²) in [4.78, 5) is 2.37. The molecule has 1 N–H and O–H groups in total. The van der Waals surface area contributed by atoms with E-state index in [1.807, 2.05) is 0 Å². The largest absolute Gasteiger partial charge is 0.378 e. The van der Waals surface area contributed by atoms with Crippen molar-refractivity contribution in [2.45, 2.75) is 45.1 Å². The van der Waals surface area contributed by atoms with Crippen LogP contribution in [0.3, 0.4) is 0 Å². The minimum absolute atomic E-state index is 0.286. The van der Waals surface area contributed by atoms with Crippen LogP contribution in [0.15, 0.2) is 224 Å². The molecule has 0 spiro atoms. The Balaban J connectivity index is 0.925. The third-order valence-electron chi connectivity index (χ3n) is 11.1. The van der Waals surface area contributed by atoms with Crippen LogP contribution in [0.1, 0.15) is 38.2 Å². The number of nitrogens with zero attached hydrogens (tertiary/aromatic N) is 1. The van der Waals surface area contributed by atoms with E-state index in [0.717, 1.165) is 49.2 Å². The summed E-state index contributed by atoms with van der Waals surface area (Å²) in [7, 11) is 0. The van der Waals surface area contributed by atoms with Crippen molar-refractivity contribution >= 4 is 22.7 Å². The molecule has 8 rings (SSSR count). The molecule has 0 saturated heterocycles. The van der Waals surface area contributed by atoms with Crippen LogP contribution in [-0.2, 0) is 6.42 Å². The van der Waals surface area contributed by atoms with E-state index in [0.29, 0.717) is 11.8 Å². The lowest BCUT2D eigenvalue weighted by molar-refractivity contribution is 0.527. The van der Waals surface area contributed by atoms with Crippen LogP contribution < -0.4 is 10.2 Å². The van der Waals surface area contributed by atoms with Crippen LogP contribution in [0.25, 0.3) is 22.3 Å². The Morgan fingerprint density at radius 1 is 0.596 bits per heavy atom. The van der Waals surface area contributed by atoms with Gasteiger partial charge in [0.25, 0.3) is 0 Å². The quantitative estimate of drug-likeness (QED) is 0.0884. The highest BCUT2D eigenvalue weighted by atomic mass is 15.1. The van der Waals surface area contributed by atoms with Crippen molar-refractivity contribution in [1.29, 1.82) is 0 Å². The molecule has 0 aromatic heterocycles. The molecule has 0 radical (unpaired) electrons. The minimum Gasteiger partial charge on any atom is -0.378 e. The van der Waals surface area contributed by atoms with Crippen LogP contribution in [0.5, 0.6) is 0 Å². The van der Waals surface area contributed by atoms with Crippen molar-refractivity contribution in [2.75, 3.05) is 10.2 Å². The standard InChI is InChI=1S/C55H52N2/c1-42-18-17-23-47(40-42)48-36-39-54(56-50-24-11-5-12-25-50)49(41-48)22-8-3-2-7-19-43-30-32-46(33-31-43)53-28-15-16-29-55(53)57(51-26-13-6-14-27-51)52-37-34-45(35-38-52)44-20-9-4-10-21-44/h2,4-7,9-17,20-21,23-42,49,54,56H,3,8,18-19,22H2,1H3/b7-2-. The fourth-order valence-electron chi connectivity index (χ4n) is 8.09. The highest BCUT2D eigenvalue weighted by Crippen LogP contribution is 2.41. The first-order valence-electron chi connectivity index (χ1n) is 20.6. The van der Waals surface area contributed by atoms with Gasteiger partial charge in [0.05, 0.1) is 11.7 Å². The Morgan fingerprint density at radius 2 is 1.23 bits per heavy atom. The van der Waals surface area contributed by atoms with Crippen LogP contribution in [0, 0.1) is 11.8 Å². The first-order chi connectivity index (χ1) is 28.2. The molecule has 6 aromatic carbocycles. The van der Waals surface area contributed by atoms with Gasteiger partial charge in [0, 0.05) is 28.5 Å². The maximum atomic E-state index is 3.80. The highest BCUT2D eigenvalue weighted by Gasteiger charge is 2.22.